The van der Waals surface area contributed by atoms with E-state index in [1.54, 1.807) is 30.0 Å². The summed E-state index contributed by atoms with van der Waals surface area (Å²) >= 11 is 1.58. The molecule has 4 nitrogen and oxygen atoms in total. The number of anilines is 2. The Morgan fingerprint density at radius 1 is 1.19 bits per heavy atom. The van der Waals surface area contributed by atoms with Crippen LogP contribution in [0.4, 0.5) is 11.4 Å². The van der Waals surface area contributed by atoms with Crippen LogP contribution in [0.15, 0.2) is 52.3 Å². The van der Waals surface area contributed by atoms with Gasteiger partial charge in [0, 0.05) is 22.8 Å². The maximum absolute atomic E-state index is 12.5. The zero-order chi connectivity index (χ0) is 14.9. The first-order chi connectivity index (χ1) is 10.1. The fourth-order valence-electron chi connectivity index (χ4n) is 2.34. The highest BCUT2D eigenvalue weighted by Crippen LogP contribution is 2.27. The third-order valence-electron chi connectivity index (χ3n) is 3.42. The van der Waals surface area contributed by atoms with Crippen molar-refractivity contribution in [1.82, 2.24) is 0 Å². The number of rotatable bonds is 4. The second kappa shape index (κ2) is 5.61. The molecule has 2 aromatic carbocycles. The number of fused-ring (bicyclic) bond motifs is 1. The van der Waals surface area contributed by atoms with Crippen LogP contribution in [0.3, 0.4) is 0 Å². The highest BCUT2D eigenvalue weighted by molar-refractivity contribution is 7.98. The number of sulfonamides is 1. The molecule has 1 heterocycles. The molecule has 0 saturated carbocycles. The first-order valence-corrected chi connectivity index (χ1v) is 9.33. The van der Waals surface area contributed by atoms with Crippen LogP contribution in [0.25, 0.3) is 0 Å². The number of benzene rings is 2. The number of thioether (sulfide) groups is 1. The van der Waals surface area contributed by atoms with Gasteiger partial charge in [0.25, 0.3) is 10.0 Å². The zero-order valence-corrected chi connectivity index (χ0v) is 13.2. The SMILES string of the molecule is CSc1cccc(NS(=O)(=O)c2ccc3c(c2)NCC3)c1. The predicted octanol–water partition coefficient (Wildman–Crippen LogP) is 3.18. The van der Waals surface area contributed by atoms with Crippen LogP contribution in [-0.4, -0.2) is 21.2 Å². The number of nitrogens with one attached hydrogen (secondary N) is 2. The van der Waals surface area contributed by atoms with Crippen molar-refractivity contribution in [3.05, 3.63) is 48.0 Å². The van der Waals surface area contributed by atoms with Crippen molar-refractivity contribution in [2.45, 2.75) is 16.2 Å². The molecule has 6 heteroatoms. The third-order valence-corrected chi connectivity index (χ3v) is 5.53. The van der Waals surface area contributed by atoms with E-state index in [1.165, 1.54) is 5.56 Å². The van der Waals surface area contributed by atoms with Crippen LogP contribution < -0.4 is 10.0 Å². The van der Waals surface area contributed by atoms with Crippen molar-refractivity contribution in [3.8, 4) is 0 Å². The average molecular weight is 320 g/mol. The van der Waals surface area contributed by atoms with E-state index in [-0.39, 0.29) is 4.90 Å². The van der Waals surface area contributed by atoms with Gasteiger partial charge >= 0.3 is 0 Å². The molecule has 0 fully saturated rings. The molecule has 0 radical (unpaired) electrons. The van der Waals surface area contributed by atoms with Crippen molar-refractivity contribution in [2.24, 2.45) is 0 Å². The molecule has 2 aromatic rings. The average Bonchev–Trinajstić information content (AvgIpc) is 2.94. The molecule has 0 aliphatic carbocycles. The minimum absolute atomic E-state index is 0.283. The molecule has 0 saturated heterocycles. The van der Waals surface area contributed by atoms with Gasteiger partial charge in [-0.15, -0.1) is 11.8 Å². The van der Waals surface area contributed by atoms with Crippen molar-refractivity contribution >= 4 is 33.2 Å². The molecule has 2 N–H and O–H groups in total. The maximum Gasteiger partial charge on any atom is 0.261 e. The van der Waals surface area contributed by atoms with Gasteiger partial charge in [0.2, 0.25) is 0 Å². The van der Waals surface area contributed by atoms with Gasteiger partial charge < -0.3 is 5.32 Å². The molecule has 0 aromatic heterocycles. The Bertz CT molecular complexity index is 773. The summed E-state index contributed by atoms with van der Waals surface area (Å²) in [5.74, 6) is 0. The van der Waals surface area contributed by atoms with Crippen molar-refractivity contribution < 1.29 is 8.42 Å². The quantitative estimate of drug-likeness (QED) is 0.850. The Morgan fingerprint density at radius 3 is 2.86 bits per heavy atom. The van der Waals surface area contributed by atoms with Crippen LogP contribution in [0.1, 0.15) is 5.56 Å². The van der Waals surface area contributed by atoms with E-state index in [2.05, 4.69) is 10.0 Å². The van der Waals surface area contributed by atoms with Crippen molar-refractivity contribution in [2.75, 3.05) is 22.8 Å². The normalized spacial score (nSPS) is 13.6. The van der Waals surface area contributed by atoms with Gasteiger partial charge in [0.05, 0.1) is 4.90 Å². The first kappa shape index (κ1) is 14.3. The lowest BCUT2D eigenvalue weighted by Crippen LogP contribution is -2.13. The summed E-state index contributed by atoms with van der Waals surface area (Å²) in [7, 11) is -3.56. The molecule has 110 valence electrons. The second-order valence-corrected chi connectivity index (χ2v) is 7.40. The van der Waals surface area contributed by atoms with Gasteiger partial charge in [-0.1, -0.05) is 12.1 Å². The third kappa shape index (κ3) is 3.01. The summed E-state index contributed by atoms with van der Waals surface area (Å²) in [6.07, 6.45) is 2.90. The van der Waals surface area contributed by atoms with E-state index >= 15 is 0 Å². The first-order valence-electron chi connectivity index (χ1n) is 6.62. The van der Waals surface area contributed by atoms with Crippen molar-refractivity contribution in [1.29, 1.82) is 0 Å². The predicted molar refractivity (Wildman–Crippen MR) is 87.7 cm³/mol. The summed E-state index contributed by atoms with van der Waals surface area (Å²) in [4.78, 5) is 1.30. The molecule has 21 heavy (non-hydrogen) atoms. The second-order valence-electron chi connectivity index (χ2n) is 4.83. The fourth-order valence-corrected chi connectivity index (χ4v) is 3.87. The highest BCUT2D eigenvalue weighted by Gasteiger charge is 2.18. The summed E-state index contributed by atoms with van der Waals surface area (Å²) in [6, 6.07) is 12.6. The molecule has 0 spiro atoms. The minimum Gasteiger partial charge on any atom is -0.384 e. The fraction of sp³-hybridized carbons (Fsp3) is 0.200. The Labute approximate surface area is 129 Å². The van der Waals surface area contributed by atoms with Crippen LogP contribution >= 0.6 is 11.8 Å². The van der Waals surface area contributed by atoms with Crippen LogP contribution in [0, 0.1) is 0 Å². The van der Waals surface area contributed by atoms with E-state index in [9.17, 15) is 8.42 Å². The summed E-state index contributed by atoms with van der Waals surface area (Å²) in [5.41, 5.74) is 2.66. The monoisotopic (exact) mass is 320 g/mol. The Balaban J connectivity index is 1.89. The van der Waals surface area contributed by atoms with Gasteiger partial charge in [-0.05, 0) is 48.6 Å². The van der Waals surface area contributed by atoms with Crippen LogP contribution in [0.2, 0.25) is 0 Å². The number of hydrogen-bond acceptors (Lipinski definition) is 4. The Kier molecular flexibility index (Phi) is 3.82. The molecule has 0 atom stereocenters. The largest absolute Gasteiger partial charge is 0.384 e. The summed E-state index contributed by atoms with van der Waals surface area (Å²) in [5, 5.41) is 3.20. The Hall–Kier alpha value is -1.66. The van der Waals surface area contributed by atoms with Gasteiger partial charge in [-0.25, -0.2) is 8.42 Å². The number of hydrogen-bond donors (Lipinski definition) is 2. The molecule has 0 amide bonds. The minimum atomic E-state index is -3.56. The molecule has 3 rings (SSSR count). The van der Waals surface area contributed by atoms with Gasteiger partial charge in [0.15, 0.2) is 0 Å². The maximum atomic E-state index is 12.5. The van der Waals surface area contributed by atoms with Gasteiger partial charge in [-0.3, -0.25) is 4.72 Å². The van der Waals surface area contributed by atoms with E-state index in [4.69, 9.17) is 0 Å². The smallest absolute Gasteiger partial charge is 0.261 e. The Morgan fingerprint density at radius 2 is 2.05 bits per heavy atom. The molecule has 0 bridgehead atoms. The summed E-state index contributed by atoms with van der Waals surface area (Å²) < 4.78 is 27.5. The van der Waals surface area contributed by atoms with Gasteiger partial charge in [0.1, 0.15) is 0 Å². The van der Waals surface area contributed by atoms with Crippen molar-refractivity contribution in [3.63, 3.8) is 0 Å². The highest BCUT2D eigenvalue weighted by atomic mass is 32.2. The van der Waals surface area contributed by atoms with Crippen LogP contribution in [0.5, 0.6) is 0 Å². The lowest BCUT2D eigenvalue weighted by Gasteiger charge is -2.10. The van der Waals surface area contributed by atoms with E-state index in [0.717, 1.165) is 23.5 Å². The molecular weight excluding hydrogens is 304 g/mol. The lowest BCUT2D eigenvalue weighted by molar-refractivity contribution is 0.601. The molecule has 1 aliphatic rings. The standard InChI is InChI=1S/C15H16N2O2S2/c1-20-13-4-2-3-12(9-13)17-21(18,19)14-6-5-11-7-8-16-15(11)10-14/h2-6,9-10,16-17H,7-8H2,1H3. The van der Waals surface area contributed by atoms with E-state index < -0.39 is 10.0 Å². The molecule has 0 unspecified atom stereocenters. The lowest BCUT2D eigenvalue weighted by atomic mass is 10.2. The van der Waals surface area contributed by atoms with E-state index in [0.29, 0.717) is 5.69 Å². The van der Waals surface area contributed by atoms with Crippen LogP contribution in [-0.2, 0) is 16.4 Å². The zero-order valence-electron chi connectivity index (χ0n) is 11.6. The topological polar surface area (TPSA) is 58.2 Å². The van der Waals surface area contributed by atoms with E-state index in [1.807, 2.05) is 30.5 Å². The molecular formula is C15H16N2O2S2. The van der Waals surface area contributed by atoms with Gasteiger partial charge in [-0.2, -0.15) is 0 Å². The molecule has 1 aliphatic heterocycles. The summed E-state index contributed by atoms with van der Waals surface area (Å²) in [6.45, 7) is 0.863.